The van der Waals surface area contributed by atoms with Crippen LogP contribution >= 0.6 is 23.2 Å². The normalized spacial score (nSPS) is 10.5. The number of methoxy groups -OCH3 is 1. The van der Waals surface area contributed by atoms with Crippen molar-refractivity contribution < 1.29 is 9.47 Å². The van der Waals surface area contributed by atoms with Crippen LogP contribution in [0, 0.1) is 0 Å². The first kappa shape index (κ1) is 8.50. The second-order valence-electron chi connectivity index (χ2n) is 1.12. The van der Waals surface area contributed by atoms with Gasteiger partial charge in [-0.05, 0) is 0 Å². The first-order valence-electron chi connectivity index (χ1n) is 2.16. The summed E-state index contributed by atoms with van der Waals surface area (Å²) in [6.45, 7) is 0.962. The lowest BCUT2D eigenvalue weighted by atomic mass is 10.8. The molecular weight excluding hydrogens is 151 g/mol. The van der Waals surface area contributed by atoms with Crippen LogP contribution in [-0.4, -0.2) is 25.3 Å². The summed E-state index contributed by atoms with van der Waals surface area (Å²) in [6, 6.07) is 0. The third-order valence-electron chi connectivity index (χ3n) is 0.531. The summed E-state index contributed by atoms with van der Waals surface area (Å²) in [4.78, 5) is 0. The Kier molecular flexibility index (Phi) is 5.99. The van der Waals surface area contributed by atoms with Crippen LogP contribution in [0.25, 0.3) is 0 Å². The van der Waals surface area contributed by atoms with E-state index in [1.807, 2.05) is 0 Å². The molecule has 0 aliphatic rings. The van der Waals surface area contributed by atoms with Gasteiger partial charge in [0, 0.05) is 7.11 Å². The molecule has 0 rings (SSSR count). The van der Waals surface area contributed by atoms with Gasteiger partial charge in [-0.3, -0.25) is 0 Å². The number of hydrogen-bond donors (Lipinski definition) is 0. The van der Waals surface area contributed by atoms with Gasteiger partial charge in [-0.25, -0.2) is 0 Å². The van der Waals surface area contributed by atoms with E-state index in [1.54, 1.807) is 7.11 Å². The molecule has 0 spiro atoms. The van der Waals surface area contributed by atoms with Crippen molar-refractivity contribution in [1.82, 2.24) is 0 Å². The molecule has 0 aliphatic carbocycles. The maximum Gasteiger partial charge on any atom is 0.206 e. The van der Waals surface area contributed by atoms with Crippen LogP contribution in [0.15, 0.2) is 0 Å². The Bertz CT molecular complexity index is 49.3. The molecule has 0 heterocycles. The molecule has 0 saturated carbocycles. The van der Waals surface area contributed by atoms with Crippen LogP contribution in [-0.2, 0) is 9.47 Å². The van der Waals surface area contributed by atoms with Crippen LogP contribution in [0.3, 0.4) is 0 Å². The van der Waals surface area contributed by atoms with E-state index in [1.165, 1.54) is 0 Å². The van der Waals surface area contributed by atoms with Crippen molar-refractivity contribution >= 4 is 23.2 Å². The molecule has 50 valence electrons. The number of rotatable bonds is 4. The zero-order valence-electron chi connectivity index (χ0n) is 4.56. The summed E-state index contributed by atoms with van der Waals surface area (Å²) in [7, 11) is 1.58. The van der Waals surface area contributed by atoms with Gasteiger partial charge >= 0.3 is 0 Å². The second kappa shape index (κ2) is 5.63. The minimum Gasteiger partial charge on any atom is -0.382 e. The number of ether oxygens (including phenoxy) is 2. The summed E-state index contributed by atoms with van der Waals surface area (Å²) in [6.07, 6.45) is 0. The first-order chi connectivity index (χ1) is 3.77. The molecule has 0 fully saturated rings. The van der Waals surface area contributed by atoms with Crippen molar-refractivity contribution in [1.29, 1.82) is 0 Å². The SMILES string of the molecule is COCCOC(Cl)Cl. The standard InChI is InChI=1S/C4H8Cl2O2/c1-7-2-3-8-4(5)6/h4H,2-3H2,1H3. The van der Waals surface area contributed by atoms with Gasteiger partial charge in [0.05, 0.1) is 13.2 Å². The molecule has 8 heavy (non-hydrogen) atoms. The summed E-state index contributed by atoms with van der Waals surface area (Å²) in [5, 5.41) is -0.731. The van der Waals surface area contributed by atoms with Crippen molar-refractivity contribution in [2.45, 2.75) is 5.02 Å². The Morgan fingerprint density at radius 2 is 2.00 bits per heavy atom. The van der Waals surface area contributed by atoms with Gasteiger partial charge in [-0.2, -0.15) is 0 Å². The molecule has 0 amide bonds. The number of alkyl halides is 2. The van der Waals surface area contributed by atoms with Gasteiger partial charge in [-0.15, -0.1) is 0 Å². The molecule has 0 atom stereocenters. The molecule has 0 aromatic carbocycles. The van der Waals surface area contributed by atoms with Crippen LogP contribution in [0.1, 0.15) is 0 Å². The average Bonchev–Trinajstić information content (AvgIpc) is 1.66. The van der Waals surface area contributed by atoms with Gasteiger partial charge in [0.1, 0.15) is 0 Å². The van der Waals surface area contributed by atoms with E-state index in [2.05, 4.69) is 9.47 Å². The first-order valence-corrected chi connectivity index (χ1v) is 3.03. The highest BCUT2D eigenvalue weighted by Crippen LogP contribution is 2.01. The van der Waals surface area contributed by atoms with Gasteiger partial charge < -0.3 is 9.47 Å². The summed E-state index contributed by atoms with van der Waals surface area (Å²) >= 11 is 10.4. The van der Waals surface area contributed by atoms with Crippen molar-refractivity contribution in [2.24, 2.45) is 0 Å². The maximum absolute atomic E-state index is 5.20. The molecule has 0 unspecified atom stereocenters. The highest BCUT2D eigenvalue weighted by Gasteiger charge is 1.94. The Hall–Kier alpha value is 0.500. The molecule has 0 saturated heterocycles. The van der Waals surface area contributed by atoms with Crippen molar-refractivity contribution in [3.8, 4) is 0 Å². The third kappa shape index (κ3) is 6.50. The largest absolute Gasteiger partial charge is 0.382 e. The molecule has 4 heteroatoms. The zero-order valence-corrected chi connectivity index (χ0v) is 6.08. The molecule has 0 radical (unpaired) electrons. The lowest BCUT2D eigenvalue weighted by Crippen LogP contribution is -2.04. The molecule has 0 N–H and O–H groups in total. The fourth-order valence-corrected chi connectivity index (χ4v) is 0.399. The monoisotopic (exact) mass is 158 g/mol. The fourth-order valence-electron chi connectivity index (χ4n) is 0.221. The average molecular weight is 159 g/mol. The van der Waals surface area contributed by atoms with E-state index in [0.29, 0.717) is 13.2 Å². The highest BCUT2D eigenvalue weighted by atomic mass is 35.5. The zero-order chi connectivity index (χ0) is 6.41. The number of halogens is 2. The highest BCUT2D eigenvalue weighted by molar-refractivity contribution is 6.43. The van der Waals surface area contributed by atoms with E-state index in [0.717, 1.165) is 0 Å². The fraction of sp³-hybridized carbons (Fsp3) is 1.00. The van der Waals surface area contributed by atoms with Gasteiger partial charge in [0.2, 0.25) is 5.02 Å². The summed E-state index contributed by atoms with van der Waals surface area (Å²) in [5.74, 6) is 0. The molecule has 0 aromatic heterocycles. The van der Waals surface area contributed by atoms with E-state index in [4.69, 9.17) is 23.2 Å². The van der Waals surface area contributed by atoms with Crippen molar-refractivity contribution in [2.75, 3.05) is 20.3 Å². The minimum atomic E-state index is -0.731. The minimum absolute atomic E-state index is 0.439. The van der Waals surface area contributed by atoms with Crippen LogP contribution in [0.4, 0.5) is 0 Å². The Morgan fingerprint density at radius 3 is 2.38 bits per heavy atom. The van der Waals surface area contributed by atoms with Crippen molar-refractivity contribution in [3.05, 3.63) is 0 Å². The van der Waals surface area contributed by atoms with E-state index < -0.39 is 5.02 Å². The Labute approximate surface area is 58.7 Å². The van der Waals surface area contributed by atoms with E-state index in [-0.39, 0.29) is 0 Å². The maximum atomic E-state index is 5.20. The topological polar surface area (TPSA) is 18.5 Å². The lowest BCUT2D eigenvalue weighted by Gasteiger charge is -2.00. The van der Waals surface area contributed by atoms with E-state index >= 15 is 0 Å². The lowest BCUT2D eigenvalue weighted by molar-refractivity contribution is 0.0809. The molecule has 0 bridgehead atoms. The third-order valence-corrected chi connectivity index (χ3v) is 0.783. The second-order valence-corrected chi connectivity index (χ2v) is 2.14. The van der Waals surface area contributed by atoms with Gasteiger partial charge in [0.15, 0.2) is 0 Å². The smallest absolute Gasteiger partial charge is 0.206 e. The summed E-state index contributed by atoms with van der Waals surface area (Å²) < 4.78 is 9.34. The quantitative estimate of drug-likeness (QED) is 0.456. The predicted molar refractivity (Wildman–Crippen MR) is 33.3 cm³/mol. The van der Waals surface area contributed by atoms with Gasteiger partial charge in [0.25, 0.3) is 0 Å². The molecule has 0 aliphatic heterocycles. The number of hydrogen-bond acceptors (Lipinski definition) is 2. The van der Waals surface area contributed by atoms with E-state index in [9.17, 15) is 0 Å². The Morgan fingerprint density at radius 1 is 1.38 bits per heavy atom. The molecule has 0 aromatic rings. The molecule has 2 nitrogen and oxygen atoms in total. The van der Waals surface area contributed by atoms with Gasteiger partial charge in [-0.1, -0.05) is 23.2 Å². The van der Waals surface area contributed by atoms with Crippen LogP contribution in [0.5, 0.6) is 0 Å². The van der Waals surface area contributed by atoms with Crippen LogP contribution < -0.4 is 0 Å². The van der Waals surface area contributed by atoms with Crippen LogP contribution in [0.2, 0.25) is 0 Å². The summed E-state index contributed by atoms with van der Waals surface area (Å²) in [5.41, 5.74) is 0. The predicted octanol–water partition coefficient (Wildman–Crippen LogP) is 1.41. The van der Waals surface area contributed by atoms with Crippen molar-refractivity contribution in [3.63, 3.8) is 0 Å². The molecular formula is C4H8Cl2O2. The Balaban J connectivity index is 2.72.